The minimum absolute atomic E-state index is 0.0625. The van der Waals surface area contributed by atoms with Crippen LogP contribution in [0.1, 0.15) is 25.8 Å². The normalized spacial score (nSPS) is 10.8. The molecule has 0 saturated heterocycles. The second kappa shape index (κ2) is 11.0. The first-order valence-corrected chi connectivity index (χ1v) is 7.47. The van der Waals surface area contributed by atoms with Gasteiger partial charge >= 0.3 is 17.9 Å². The molecule has 0 amide bonds. The summed E-state index contributed by atoms with van der Waals surface area (Å²) in [5.41, 5.74) is 0.648. The predicted molar refractivity (Wildman–Crippen MR) is 83.3 cm³/mol. The summed E-state index contributed by atoms with van der Waals surface area (Å²) >= 11 is 0. The average molecular weight is 336 g/mol. The van der Waals surface area contributed by atoms with Crippen molar-refractivity contribution >= 4 is 17.9 Å². The van der Waals surface area contributed by atoms with E-state index in [0.29, 0.717) is 0 Å². The van der Waals surface area contributed by atoms with Gasteiger partial charge in [0.1, 0.15) is 6.61 Å². The maximum absolute atomic E-state index is 11.8. The second-order valence-corrected chi connectivity index (χ2v) is 4.52. The first-order valence-electron chi connectivity index (χ1n) is 7.47. The van der Waals surface area contributed by atoms with Crippen molar-refractivity contribution in [2.24, 2.45) is 0 Å². The van der Waals surface area contributed by atoms with Gasteiger partial charge in [-0.25, -0.2) is 9.59 Å². The van der Waals surface area contributed by atoms with E-state index in [1.165, 1.54) is 0 Å². The highest BCUT2D eigenvalue weighted by molar-refractivity contribution is 5.99. The SMILES string of the molecule is CCOC(=O)C/C(=C/C(=O)OOCc1ccccc1)C(=O)OCC. The molecule has 0 fully saturated rings. The second-order valence-electron chi connectivity index (χ2n) is 4.52. The van der Waals surface area contributed by atoms with E-state index in [-0.39, 0.29) is 31.8 Å². The topological polar surface area (TPSA) is 88.1 Å². The smallest absolute Gasteiger partial charge is 0.366 e. The zero-order valence-corrected chi connectivity index (χ0v) is 13.7. The average Bonchev–Trinajstić information content (AvgIpc) is 2.55. The van der Waals surface area contributed by atoms with Gasteiger partial charge in [-0.2, -0.15) is 4.89 Å². The molecular formula is C17H20O7. The lowest BCUT2D eigenvalue weighted by atomic mass is 10.2. The minimum Gasteiger partial charge on any atom is -0.466 e. The molecule has 0 unspecified atom stereocenters. The van der Waals surface area contributed by atoms with Crippen molar-refractivity contribution in [1.82, 2.24) is 0 Å². The summed E-state index contributed by atoms with van der Waals surface area (Å²) in [6, 6.07) is 9.08. The van der Waals surface area contributed by atoms with Gasteiger partial charge in [0.2, 0.25) is 0 Å². The fraction of sp³-hybridized carbons (Fsp3) is 0.353. The highest BCUT2D eigenvalue weighted by atomic mass is 17.2. The van der Waals surface area contributed by atoms with Crippen LogP contribution in [0.5, 0.6) is 0 Å². The van der Waals surface area contributed by atoms with E-state index in [4.69, 9.17) is 14.4 Å². The third kappa shape index (κ3) is 7.55. The molecule has 0 radical (unpaired) electrons. The van der Waals surface area contributed by atoms with Crippen molar-refractivity contribution in [3.63, 3.8) is 0 Å². The van der Waals surface area contributed by atoms with Crippen LogP contribution in [0.25, 0.3) is 0 Å². The Morgan fingerprint density at radius 2 is 1.67 bits per heavy atom. The zero-order chi connectivity index (χ0) is 17.8. The maximum atomic E-state index is 11.8. The molecule has 0 N–H and O–H groups in total. The molecule has 0 saturated carbocycles. The Balaban J connectivity index is 2.60. The Morgan fingerprint density at radius 1 is 1.00 bits per heavy atom. The minimum atomic E-state index is -0.918. The summed E-state index contributed by atoms with van der Waals surface area (Å²) in [5.74, 6) is -2.35. The Bertz CT molecular complexity index is 578. The number of hydrogen-bond donors (Lipinski definition) is 0. The Labute approximate surface area is 140 Å². The van der Waals surface area contributed by atoms with E-state index in [0.717, 1.165) is 11.6 Å². The number of benzene rings is 1. The largest absolute Gasteiger partial charge is 0.466 e. The molecule has 0 aromatic heterocycles. The highest BCUT2D eigenvalue weighted by Gasteiger charge is 2.18. The summed E-state index contributed by atoms with van der Waals surface area (Å²) in [4.78, 5) is 44.3. The van der Waals surface area contributed by atoms with Crippen molar-refractivity contribution in [1.29, 1.82) is 0 Å². The number of carbonyl (C=O) groups excluding carboxylic acids is 3. The van der Waals surface area contributed by atoms with Gasteiger partial charge in [0.25, 0.3) is 0 Å². The highest BCUT2D eigenvalue weighted by Crippen LogP contribution is 2.08. The molecule has 0 bridgehead atoms. The van der Waals surface area contributed by atoms with Crippen molar-refractivity contribution in [3.8, 4) is 0 Å². The predicted octanol–water partition coefficient (Wildman–Crippen LogP) is 2.10. The molecule has 0 aliphatic heterocycles. The van der Waals surface area contributed by atoms with E-state index in [1.807, 2.05) is 18.2 Å². The van der Waals surface area contributed by atoms with E-state index >= 15 is 0 Å². The van der Waals surface area contributed by atoms with Crippen LogP contribution in [0.15, 0.2) is 42.0 Å². The lowest BCUT2D eigenvalue weighted by molar-refractivity contribution is -0.275. The molecule has 0 spiro atoms. The molecule has 1 rings (SSSR count). The summed E-state index contributed by atoms with van der Waals surface area (Å²) in [7, 11) is 0. The zero-order valence-electron chi connectivity index (χ0n) is 13.7. The monoisotopic (exact) mass is 336 g/mol. The van der Waals surface area contributed by atoms with Gasteiger partial charge in [0.05, 0.1) is 25.2 Å². The summed E-state index contributed by atoms with van der Waals surface area (Å²) in [6.45, 7) is 3.59. The third-order valence-corrected chi connectivity index (χ3v) is 2.68. The fourth-order valence-corrected chi connectivity index (χ4v) is 1.67. The number of hydrogen-bond acceptors (Lipinski definition) is 7. The molecular weight excluding hydrogens is 316 g/mol. The Hall–Kier alpha value is -2.67. The number of rotatable bonds is 9. The van der Waals surface area contributed by atoms with Gasteiger partial charge in [0, 0.05) is 6.08 Å². The van der Waals surface area contributed by atoms with E-state index in [2.05, 4.69) is 4.89 Å². The molecule has 0 atom stereocenters. The van der Waals surface area contributed by atoms with Crippen LogP contribution >= 0.6 is 0 Å². The standard InChI is InChI=1S/C17H20O7/c1-3-21-15(18)10-14(17(20)22-4-2)11-16(19)24-23-12-13-8-6-5-7-9-13/h5-9,11H,3-4,10,12H2,1-2H3/b14-11-. The molecule has 7 heteroatoms. The van der Waals surface area contributed by atoms with E-state index in [1.54, 1.807) is 26.0 Å². The van der Waals surface area contributed by atoms with Gasteiger partial charge in [-0.15, -0.1) is 0 Å². The van der Waals surface area contributed by atoms with Crippen LogP contribution in [0, 0.1) is 0 Å². The van der Waals surface area contributed by atoms with Gasteiger partial charge in [0.15, 0.2) is 0 Å². The van der Waals surface area contributed by atoms with Crippen molar-refractivity contribution in [2.45, 2.75) is 26.9 Å². The first-order chi connectivity index (χ1) is 11.6. The van der Waals surface area contributed by atoms with Crippen molar-refractivity contribution in [2.75, 3.05) is 13.2 Å². The van der Waals surface area contributed by atoms with Crippen LogP contribution < -0.4 is 0 Å². The van der Waals surface area contributed by atoms with Crippen LogP contribution in [-0.2, 0) is 40.2 Å². The number of esters is 2. The summed E-state index contributed by atoms with van der Waals surface area (Å²) in [5, 5.41) is 0. The fourth-order valence-electron chi connectivity index (χ4n) is 1.67. The van der Waals surface area contributed by atoms with Crippen LogP contribution in [0.2, 0.25) is 0 Å². The molecule has 1 aromatic rings. The maximum Gasteiger partial charge on any atom is 0.366 e. The van der Waals surface area contributed by atoms with Crippen LogP contribution in [-0.4, -0.2) is 31.1 Å². The molecule has 24 heavy (non-hydrogen) atoms. The lowest BCUT2D eigenvalue weighted by Crippen LogP contribution is -2.15. The molecule has 0 aliphatic rings. The number of carbonyl (C=O) groups is 3. The lowest BCUT2D eigenvalue weighted by Gasteiger charge is -2.07. The quantitative estimate of drug-likeness (QED) is 0.295. The van der Waals surface area contributed by atoms with Crippen molar-refractivity contribution < 1.29 is 33.6 Å². The van der Waals surface area contributed by atoms with Crippen molar-refractivity contribution in [3.05, 3.63) is 47.5 Å². The van der Waals surface area contributed by atoms with E-state index < -0.39 is 17.9 Å². The summed E-state index contributed by atoms with van der Waals surface area (Å²) < 4.78 is 9.54. The molecule has 7 nitrogen and oxygen atoms in total. The van der Waals surface area contributed by atoms with E-state index in [9.17, 15) is 14.4 Å². The first kappa shape index (κ1) is 19.4. The van der Waals surface area contributed by atoms with Gasteiger partial charge in [-0.05, 0) is 19.4 Å². The summed E-state index contributed by atoms with van der Waals surface area (Å²) in [6.07, 6.45) is 0.473. The molecule has 0 heterocycles. The molecule has 130 valence electrons. The van der Waals surface area contributed by atoms with Crippen LogP contribution in [0.4, 0.5) is 0 Å². The third-order valence-electron chi connectivity index (χ3n) is 2.68. The van der Waals surface area contributed by atoms with Gasteiger partial charge in [-0.1, -0.05) is 30.3 Å². The Morgan fingerprint density at radius 3 is 2.29 bits per heavy atom. The van der Waals surface area contributed by atoms with Crippen LogP contribution in [0.3, 0.4) is 0 Å². The molecule has 0 aliphatic carbocycles. The Kier molecular flexibility index (Phi) is 8.85. The number of ether oxygens (including phenoxy) is 2. The molecule has 1 aromatic carbocycles. The van der Waals surface area contributed by atoms with Gasteiger partial charge < -0.3 is 9.47 Å². The van der Waals surface area contributed by atoms with Gasteiger partial charge in [-0.3, -0.25) is 9.68 Å².